The lowest BCUT2D eigenvalue weighted by atomic mass is 9.89. The van der Waals surface area contributed by atoms with E-state index in [-0.39, 0.29) is 46.8 Å². The van der Waals surface area contributed by atoms with Crippen LogP contribution in [0.5, 0.6) is 5.75 Å². The molecule has 2 aliphatic rings. The first-order valence-electron chi connectivity index (χ1n) is 16.8. The van der Waals surface area contributed by atoms with Crippen LogP contribution in [0.1, 0.15) is 82.5 Å². The first-order valence-corrected chi connectivity index (χ1v) is 18.3. The number of amides is 1. The van der Waals surface area contributed by atoms with E-state index in [4.69, 9.17) is 9.47 Å². The number of nitrogens with one attached hydrogen (secondary N) is 1. The SMILES string of the molecule is C[C@@H]1CCCCO[C@H](CN(C)CC2CCCCC2)[C@H](C)CN([C@@H](C)CO)C(=O)c2cc(NS(=O)(=O)c3ccc(F)cc3)ccc2O1. The Kier molecular flexibility index (Phi) is 13.3. The Morgan fingerprint density at radius 2 is 1.72 bits per heavy atom. The zero-order chi connectivity index (χ0) is 33.3. The monoisotopic (exact) mass is 661 g/mol. The number of aliphatic hydroxyl groups is 1. The molecule has 1 heterocycles. The Morgan fingerprint density at radius 3 is 2.41 bits per heavy atom. The molecule has 0 spiro atoms. The van der Waals surface area contributed by atoms with Crippen LogP contribution < -0.4 is 9.46 Å². The van der Waals surface area contributed by atoms with E-state index < -0.39 is 21.9 Å². The Labute approximate surface area is 274 Å². The zero-order valence-corrected chi connectivity index (χ0v) is 28.6. The quantitative estimate of drug-likeness (QED) is 0.343. The number of carbonyl (C=O) groups excluding carboxylic acids is 1. The van der Waals surface area contributed by atoms with Crippen LogP contribution in [0.3, 0.4) is 0 Å². The van der Waals surface area contributed by atoms with Gasteiger partial charge in [0.05, 0.1) is 35.3 Å². The van der Waals surface area contributed by atoms with Gasteiger partial charge < -0.3 is 24.4 Å². The van der Waals surface area contributed by atoms with Crippen molar-refractivity contribution >= 4 is 21.6 Å². The molecule has 2 aromatic rings. The molecule has 1 amide bonds. The first-order chi connectivity index (χ1) is 22.0. The van der Waals surface area contributed by atoms with Crippen molar-refractivity contribution in [2.75, 3.05) is 44.6 Å². The Hall–Kier alpha value is -2.73. The molecule has 9 nitrogen and oxygen atoms in total. The molecular weight excluding hydrogens is 609 g/mol. The van der Waals surface area contributed by atoms with Crippen LogP contribution in [-0.4, -0.2) is 87.4 Å². The minimum Gasteiger partial charge on any atom is -0.490 e. The molecule has 256 valence electrons. The lowest BCUT2D eigenvalue weighted by Gasteiger charge is -2.36. The predicted molar refractivity (Wildman–Crippen MR) is 178 cm³/mol. The number of nitrogens with zero attached hydrogens (tertiary/aromatic N) is 2. The van der Waals surface area contributed by atoms with Crippen molar-refractivity contribution in [2.45, 2.75) is 95.3 Å². The number of halogens is 1. The number of fused-ring (bicyclic) bond motifs is 1. The molecule has 0 bridgehead atoms. The van der Waals surface area contributed by atoms with Crippen LogP contribution in [0.4, 0.5) is 10.1 Å². The number of ether oxygens (including phenoxy) is 2. The molecule has 2 N–H and O–H groups in total. The van der Waals surface area contributed by atoms with Gasteiger partial charge in [0.1, 0.15) is 11.6 Å². The van der Waals surface area contributed by atoms with Crippen molar-refractivity contribution in [1.29, 1.82) is 0 Å². The summed E-state index contributed by atoms with van der Waals surface area (Å²) < 4.78 is 54.9. The van der Waals surface area contributed by atoms with Gasteiger partial charge in [0.25, 0.3) is 15.9 Å². The fourth-order valence-electron chi connectivity index (χ4n) is 6.47. The number of hydrogen-bond acceptors (Lipinski definition) is 7. The van der Waals surface area contributed by atoms with E-state index in [0.717, 1.165) is 44.5 Å². The molecule has 0 radical (unpaired) electrons. The van der Waals surface area contributed by atoms with E-state index in [1.807, 2.05) is 6.92 Å². The normalized spacial score (nSPS) is 23.3. The molecule has 11 heteroatoms. The molecule has 1 fully saturated rings. The van der Waals surface area contributed by atoms with Crippen LogP contribution in [0.15, 0.2) is 47.4 Å². The number of likely N-dealkylation sites (N-methyl/N-ethyl adjacent to an activating group) is 1. The molecule has 46 heavy (non-hydrogen) atoms. The molecule has 4 rings (SSSR count). The highest BCUT2D eigenvalue weighted by Crippen LogP contribution is 2.30. The highest BCUT2D eigenvalue weighted by molar-refractivity contribution is 7.92. The van der Waals surface area contributed by atoms with Gasteiger partial charge >= 0.3 is 0 Å². The zero-order valence-electron chi connectivity index (χ0n) is 27.8. The van der Waals surface area contributed by atoms with Crippen molar-refractivity contribution in [3.63, 3.8) is 0 Å². The molecule has 0 aromatic heterocycles. The second kappa shape index (κ2) is 16.9. The fourth-order valence-corrected chi connectivity index (χ4v) is 7.52. The number of hydrogen-bond donors (Lipinski definition) is 2. The maximum absolute atomic E-state index is 14.3. The molecule has 1 aliphatic heterocycles. The van der Waals surface area contributed by atoms with E-state index in [1.165, 1.54) is 50.3 Å². The van der Waals surface area contributed by atoms with Gasteiger partial charge in [-0.2, -0.15) is 0 Å². The molecule has 4 atom stereocenters. The van der Waals surface area contributed by atoms with Gasteiger partial charge in [0.2, 0.25) is 0 Å². The predicted octanol–water partition coefficient (Wildman–Crippen LogP) is 5.93. The Balaban J connectivity index is 1.62. The molecule has 0 unspecified atom stereocenters. The molecule has 2 aromatic carbocycles. The summed E-state index contributed by atoms with van der Waals surface area (Å²) in [7, 11) is -1.90. The van der Waals surface area contributed by atoms with Gasteiger partial charge in [-0.05, 0) is 101 Å². The third-order valence-corrected chi connectivity index (χ3v) is 10.6. The third kappa shape index (κ3) is 10.1. The van der Waals surface area contributed by atoms with Gasteiger partial charge in [-0.25, -0.2) is 12.8 Å². The van der Waals surface area contributed by atoms with Crippen LogP contribution in [0, 0.1) is 17.7 Å². The van der Waals surface area contributed by atoms with Crippen LogP contribution in [0.2, 0.25) is 0 Å². The van der Waals surface area contributed by atoms with Crippen LogP contribution in [-0.2, 0) is 14.8 Å². The highest BCUT2D eigenvalue weighted by atomic mass is 32.2. The smallest absolute Gasteiger partial charge is 0.261 e. The van der Waals surface area contributed by atoms with Crippen molar-refractivity contribution in [3.05, 3.63) is 53.8 Å². The van der Waals surface area contributed by atoms with E-state index in [2.05, 4.69) is 23.6 Å². The van der Waals surface area contributed by atoms with Crippen molar-refractivity contribution in [3.8, 4) is 5.75 Å². The summed E-state index contributed by atoms with van der Waals surface area (Å²) in [5.74, 6) is 0.0933. The summed E-state index contributed by atoms with van der Waals surface area (Å²) in [6.07, 6.45) is 8.68. The summed E-state index contributed by atoms with van der Waals surface area (Å²) in [5, 5.41) is 10.2. The second-order valence-corrected chi connectivity index (χ2v) is 15.0. The maximum atomic E-state index is 14.3. The van der Waals surface area contributed by atoms with Crippen molar-refractivity contribution in [2.24, 2.45) is 11.8 Å². The Morgan fingerprint density at radius 1 is 1.02 bits per heavy atom. The van der Waals surface area contributed by atoms with Crippen molar-refractivity contribution < 1.29 is 32.2 Å². The van der Waals surface area contributed by atoms with Gasteiger partial charge in [-0.3, -0.25) is 9.52 Å². The van der Waals surface area contributed by atoms with Gasteiger partial charge in [-0.1, -0.05) is 26.2 Å². The summed E-state index contributed by atoms with van der Waals surface area (Å²) in [6.45, 7) is 8.32. The summed E-state index contributed by atoms with van der Waals surface area (Å²) in [4.78, 5) is 18.2. The fraction of sp³-hybridized carbons (Fsp3) is 0.629. The van der Waals surface area contributed by atoms with Gasteiger partial charge in [-0.15, -0.1) is 0 Å². The number of carbonyl (C=O) groups is 1. The topological polar surface area (TPSA) is 108 Å². The number of rotatable bonds is 9. The largest absolute Gasteiger partial charge is 0.490 e. The average molecular weight is 662 g/mol. The molecule has 1 saturated carbocycles. The maximum Gasteiger partial charge on any atom is 0.261 e. The minimum absolute atomic E-state index is 0.0434. The Bertz CT molecular complexity index is 1370. The number of sulfonamides is 1. The van der Waals surface area contributed by atoms with Gasteiger partial charge in [0, 0.05) is 37.8 Å². The molecule has 0 saturated heterocycles. The first kappa shape index (κ1) is 36.1. The van der Waals surface area contributed by atoms with Crippen molar-refractivity contribution in [1.82, 2.24) is 9.80 Å². The lowest BCUT2D eigenvalue weighted by molar-refractivity contribution is -0.0190. The minimum atomic E-state index is -4.05. The van der Waals surface area contributed by atoms with E-state index in [9.17, 15) is 22.7 Å². The van der Waals surface area contributed by atoms with Gasteiger partial charge in [0.15, 0.2) is 0 Å². The van der Waals surface area contributed by atoms with E-state index >= 15 is 0 Å². The molecule has 1 aliphatic carbocycles. The highest BCUT2D eigenvalue weighted by Gasteiger charge is 2.31. The van der Waals surface area contributed by atoms with Crippen LogP contribution >= 0.6 is 0 Å². The molecular formula is C35H52FN3O6S. The summed E-state index contributed by atoms with van der Waals surface area (Å²) >= 11 is 0. The van der Waals surface area contributed by atoms with E-state index in [1.54, 1.807) is 24.0 Å². The third-order valence-electron chi connectivity index (χ3n) is 9.21. The summed E-state index contributed by atoms with van der Waals surface area (Å²) in [6, 6.07) is 8.66. The number of anilines is 1. The number of aliphatic hydroxyl groups excluding tert-OH is 1. The summed E-state index contributed by atoms with van der Waals surface area (Å²) in [5.41, 5.74) is 0.367. The van der Waals surface area contributed by atoms with Crippen LogP contribution in [0.25, 0.3) is 0 Å². The lowest BCUT2D eigenvalue weighted by Crippen LogP contribution is -2.47. The van der Waals surface area contributed by atoms with E-state index in [0.29, 0.717) is 24.8 Å². The average Bonchev–Trinajstić information content (AvgIpc) is 3.03. The number of benzene rings is 2. The second-order valence-electron chi connectivity index (χ2n) is 13.3. The standard InChI is InChI=1S/C35H52FN3O6S/c1-25-21-39(26(2)24-40)35(41)32-20-30(37-46(42,43)31-16-13-29(36)14-17-31)15-18-33(32)45-27(3)10-8-9-19-44-34(25)23-38(4)22-28-11-6-5-7-12-28/h13-18,20,25-28,34,37,40H,5-12,19,21-24H2,1-4H3/t25-,26+,27-,34-/m1/s1.